The van der Waals surface area contributed by atoms with Gasteiger partial charge in [-0.15, -0.1) is 0 Å². The van der Waals surface area contributed by atoms with Crippen molar-refractivity contribution in [2.24, 2.45) is 0 Å². The van der Waals surface area contributed by atoms with Crippen LogP contribution in [-0.4, -0.2) is 21.7 Å². The largest absolute Gasteiger partial charge is 0.395 e. The SMILES string of the molecule is Cc1ccnc(SCc2ccc(C#CCCO)cc2F)n1. The molecule has 0 aliphatic rings. The minimum atomic E-state index is -0.286. The van der Waals surface area contributed by atoms with Crippen molar-refractivity contribution >= 4 is 11.8 Å². The quantitative estimate of drug-likeness (QED) is 0.536. The zero-order chi connectivity index (χ0) is 15.1. The Labute approximate surface area is 127 Å². The van der Waals surface area contributed by atoms with Gasteiger partial charge in [0.15, 0.2) is 5.16 Å². The first-order chi connectivity index (χ1) is 10.2. The van der Waals surface area contributed by atoms with Gasteiger partial charge in [-0.05, 0) is 30.7 Å². The third-order valence-electron chi connectivity index (χ3n) is 2.65. The minimum absolute atomic E-state index is 0.0146. The summed E-state index contributed by atoms with van der Waals surface area (Å²) in [5, 5.41) is 9.29. The fraction of sp³-hybridized carbons (Fsp3) is 0.250. The van der Waals surface area contributed by atoms with Crippen LogP contribution in [0.1, 0.15) is 23.2 Å². The van der Waals surface area contributed by atoms with Gasteiger partial charge in [-0.3, -0.25) is 0 Å². The molecule has 0 amide bonds. The van der Waals surface area contributed by atoms with Crippen LogP contribution in [0.2, 0.25) is 0 Å². The summed E-state index contributed by atoms with van der Waals surface area (Å²) >= 11 is 1.40. The number of aromatic nitrogens is 2. The van der Waals surface area contributed by atoms with Crippen LogP contribution in [0, 0.1) is 24.6 Å². The van der Waals surface area contributed by atoms with E-state index in [2.05, 4.69) is 21.8 Å². The number of aliphatic hydroxyl groups excluding tert-OH is 1. The van der Waals surface area contributed by atoms with Crippen molar-refractivity contribution in [2.45, 2.75) is 24.3 Å². The number of hydrogen-bond acceptors (Lipinski definition) is 4. The van der Waals surface area contributed by atoms with E-state index in [0.29, 0.717) is 28.5 Å². The molecule has 0 aliphatic carbocycles. The Morgan fingerprint density at radius 2 is 2.19 bits per heavy atom. The highest BCUT2D eigenvalue weighted by Gasteiger charge is 2.05. The number of nitrogens with zero attached hydrogens (tertiary/aromatic N) is 2. The maximum absolute atomic E-state index is 14.0. The zero-order valence-corrected chi connectivity index (χ0v) is 12.5. The third kappa shape index (κ3) is 4.85. The number of thioether (sulfide) groups is 1. The van der Waals surface area contributed by atoms with E-state index in [1.54, 1.807) is 18.3 Å². The Balaban J connectivity index is 2.03. The van der Waals surface area contributed by atoms with Gasteiger partial charge < -0.3 is 5.11 Å². The molecule has 0 bridgehead atoms. The van der Waals surface area contributed by atoms with Gasteiger partial charge in [0.1, 0.15) is 5.82 Å². The number of aliphatic hydroxyl groups is 1. The maximum Gasteiger partial charge on any atom is 0.188 e. The summed E-state index contributed by atoms with van der Waals surface area (Å²) < 4.78 is 14.0. The molecule has 108 valence electrons. The van der Waals surface area contributed by atoms with Gasteiger partial charge in [0.25, 0.3) is 0 Å². The first-order valence-electron chi connectivity index (χ1n) is 6.49. The summed E-state index contributed by atoms with van der Waals surface area (Å²) in [7, 11) is 0. The molecule has 21 heavy (non-hydrogen) atoms. The molecule has 0 unspecified atom stereocenters. The van der Waals surface area contributed by atoms with E-state index in [1.807, 2.05) is 13.0 Å². The predicted octanol–water partition coefficient (Wildman–Crippen LogP) is 2.95. The fourth-order valence-corrected chi connectivity index (χ4v) is 2.46. The number of hydrogen-bond donors (Lipinski definition) is 1. The number of rotatable bonds is 4. The fourth-order valence-electron chi connectivity index (χ4n) is 1.60. The van der Waals surface area contributed by atoms with E-state index in [1.165, 1.54) is 17.8 Å². The van der Waals surface area contributed by atoms with Crippen LogP contribution in [-0.2, 0) is 5.75 Å². The summed E-state index contributed by atoms with van der Waals surface area (Å²) in [5.74, 6) is 5.77. The molecule has 0 fully saturated rings. The topological polar surface area (TPSA) is 46.0 Å². The van der Waals surface area contributed by atoms with Crippen molar-refractivity contribution in [1.82, 2.24) is 9.97 Å². The molecule has 1 aromatic carbocycles. The average Bonchev–Trinajstić information content (AvgIpc) is 2.47. The van der Waals surface area contributed by atoms with Gasteiger partial charge in [-0.25, -0.2) is 14.4 Å². The smallest absolute Gasteiger partial charge is 0.188 e. The molecular formula is C16H15FN2OS. The average molecular weight is 302 g/mol. The molecule has 2 aromatic rings. The molecule has 1 aromatic heterocycles. The molecule has 0 radical (unpaired) electrons. The van der Waals surface area contributed by atoms with Crippen LogP contribution < -0.4 is 0 Å². The molecule has 0 saturated carbocycles. The number of benzene rings is 1. The van der Waals surface area contributed by atoms with Gasteiger partial charge in [-0.2, -0.15) is 0 Å². The highest BCUT2D eigenvalue weighted by molar-refractivity contribution is 7.98. The number of halogens is 1. The summed E-state index contributed by atoms with van der Waals surface area (Å²) in [4.78, 5) is 8.40. The Hall–Kier alpha value is -1.90. The number of aryl methyl sites for hydroxylation is 1. The predicted molar refractivity (Wildman–Crippen MR) is 81.3 cm³/mol. The van der Waals surface area contributed by atoms with Crippen LogP contribution in [0.15, 0.2) is 35.6 Å². The Morgan fingerprint density at radius 3 is 2.90 bits per heavy atom. The Morgan fingerprint density at radius 1 is 1.33 bits per heavy atom. The molecule has 3 nitrogen and oxygen atoms in total. The minimum Gasteiger partial charge on any atom is -0.395 e. The van der Waals surface area contributed by atoms with Crippen LogP contribution in [0.25, 0.3) is 0 Å². The van der Waals surface area contributed by atoms with Crippen LogP contribution in [0.3, 0.4) is 0 Å². The van der Waals surface area contributed by atoms with Crippen molar-refractivity contribution < 1.29 is 9.50 Å². The molecule has 0 aliphatic heterocycles. The van der Waals surface area contributed by atoms with E-state index in [0.717, 1.165) is 5.69 Å². The van der Waals surface area contributed by atoms with Crippen molar-refractivity contribution in [3.63, 3.8) is 0 Å². The van der Waals surface area contributed by atoms with E-state index in [-0.39, 0.29) is 12.4 Å². The van der Waals surface area contributed by atoms with Crippen molar-refractivity contribution in [3.8, 4) is 11.8 Å². The Bertz CT molecular complexity index is 679. The summed E-state index contributed by atoms with van der Waals surface area (Å²) in [5.41, 5.74) is 2.10. The lowest BCUT2D eigenvalue weighted by molar-refractivity contribution is 0.305. The standard InChI is InChI=1S/C16H15FN2OS/c1-12-7-8-18-16(19-12)21-11-14-6-5-13(10-15(14)17)4-2-3-9-20/h5-8,10,20H,3,9,11H2,1H3. The second-order valence-corrected chi connectivity index (χ2v) is 5.29. The van der Waals surface area contributed by atoms with E-state index in [9.17, 15) is 4.39 Å². The molecule has 2 rings (SSSR count). The maximum atomic E-state index is 14.0. The lowest BCUT2D eigenvalue weighted by Gasteiger charge is -2.03. The molecular weight excluding hydrogens is 287 g/mol. The second-order valence-electron chi connectivity index (χ2n) is 4.35. The molecule has 1 heterocycles. The zero-order valence-electron chi connectivity index (χ0n) is 11.6. The van der Waals surface area contributed by atoms with E-state index < -0.39 is 0 Å². The Kier molecular flexibility index (Phi) is 5.73. The second kappa shape index (κ2) is 7.77. The van der Waals surface area contributed by atoms with Gasteiger partial charge in [0.2, 0.25) is 0 Å². The highest BCUT2D eigenvalue weighted by Crippen LogP contribution is 2.21. The first kappa shape index (κ1) is 15.5. The summed E-state index contributed by atoms with van der Waals surface area (Å²) in [6.45, 7) is 1.91. The highest BCUT2D eigenvalue weighted by atomic mass is 32.2. The van der Waals surface area contributed by atoms with E-state index in [4.69, 9.17) is 5.11 Å². The molecule has 5 heteroatoms. The van der Waals surface area contributed by atoms with Crippen LogP contribution in [0.5, 0.6) is 0 Å². The first-order valence-corrected chi connectivity index (χ1v) is 7.48. The van der Waals surface area contributed by atoms with Crippen molar-refractivity contribution in [1.29, 1.82) is 0 Å². The lowest BCUT2D eigenvalue weighted by Crippen LogP contribution is -1.92. The molecule has 0 spiro atoms. The van der Waals surface area contributed by atoms with Gasteiger partial charge in [0.05, 0.1) is 6.61 Å². The van der Waals surface area contributed by atoms with Crippen molar-refractivity contribution in [2.75, 3.05) is 6.61 Å². The van der Waals surface area contributed by atoms with Crippen molar-refractivity contribution in [3.05, 3.63) is 53.1 Å². The van der Waals surface area contributed by atoms with Gasteiger partial charge >= 0.3 is 0 Å². The summed E-state index contributed by atoms with van der Waals surface area (Å²) in [6, 6.07) is 6.74. The monoisotopic (exact) mass is 302 g/mol. The van der Waals surface area contributed by atoms with Gasteiger partial charge in [-0.1, -0.05) is 29.7 Å². The van der Waals surface area contributed by atoms with E-state index >= 15 is 0 Å². The normalized spacial score (nSPS) is 10.0. The lowest BCUT2D eigenvalue weighted by atomic mass is 10.1. The van der Waals surface area contributed by atoms with Gasteiger partial charge in [0, 0.05) is 29.6 Å². The van der Waals surface area contributed by atoms with Crippen LogP contribution in [0.4, 0.5) is 4.39 Å². The molecule has 0 atom stereocenters. The molecule has 0 saturated heterocycles. The van der Waals surface area contributed by atoms with Crippen LogP contribution >= 0.6 is 11.8 Å². The summed E-state index contributed by atoms with van der Waals surface area (Å²) in [6.07, 6.45) is 2.09. The third-order valence-corrected chi connectivity index (χ3v) is 3.56. The molecule has 1 N–H and O–H groups in total.